The Balaban J connectivity index is 1.67. The van der Waals surface area contributed by atoms with Gasteiger partial charge in [-0.2, -0.15) is 11.8 Å². The Hall–Kier alpha value is -1.04. The van der Waals surface area contributed by atoms with E-state index in [9.17, 15) is 4.79 Å². The molecule has 0 bridgehead atoms. The Bertz CT molecular complexity index is 525. The van der Waals surface area contributed by atoms with Crippen molar-refractivity contribution in [3.63, 3.8) is 0 Å². The van der Waals surface area contributed by atoms with Crippen molar-refractivity contribution in [2.24, 2.45) is 5.92 Å². The SMILES string of the molecule is CNCCC1CCN(C(=O)C(c2ccccc2)N2CCSCC2)CC1. The van der Waals surface area contributed by atoms with Crippen molar-refractivity contribution in [1.29, 1.82) is 0 Å². The summed E-state index contributed by atoms with van der Waals surface area (Å²) < 4.78 is 0. The van der Waals surface area contributed by atoms with Crippen LogP contribution in [0, 0.1) is 5.92 Å². The molecule has 4 nitrogen and oxygen atoms in total. The Kier molecular flexibility index (Phi) is 7.20. The maximum absolute atomic E-state index is 13.4. The molecule has 1 amide bonds. The first kappa shape index (κ1) is 18.7. The van der Waals surface area contributed by atoms with Crippen molar-refractivity contribution in [2.45, 2.75) is 25.3 Å². The molecule has 1 unspecified atom stereocenters. The minimum absolute atomic E-state index is 0.101. The van der Waals surface area contributed by atoms with Gasteiger partial charge in [-0.1, -0.05) is 30.3 Å². The number of thioether (sulfide) groups is 1. The van der Waals surface area contributed by atoms with E-state index in [1.165, 1.54) is 6.42 Å². The number of likely N-dealkylation sites (tertiary alicyclic amines) is 1. The van der Waals surface area contributed by atoms with Crippen LogP contribution in [-0.2, 0) is 4.79 Å². The lowest BCUT2D eigenvalue weighted by Crippen LogP contribution is -2.48. The smallest absolute Gasteiger partial charge is 0.244 e. The quantitative estimate of drug-likeness (QED) is 0.845. The molecule has 0 spiro atoms. The number of benzene rings is 1. The van der Waals surface area contributed by atoms with E-state index in [0.717, 1.165) is 68.6 Å². The van der Waals surface area contributed by atoms with Gasteiger partial charge >= 0.3 is 0 Å². The molecule has 0 aliphatic carbocycles. The largest absolute Gasteiger partial charge is 0.341 e. The highest BCUT2D eigenvalue weighted by atomic mass is 32.2. The lowest BCUT2D eigenvalue weighted by molar-refractivity contribution is -0.138. The van der Waals surface area contributed by atoms with E-state index in [1.54, 1.807) is 0 Å². The highest BCUT2D eigenvalue weighted by Gasteiger charge is 2.33. The number of rotatable bonds is 6. The summed E-state index contributed by atoms with van der Waals surface area (Å²) in [6, 6.07) is 10.3. The van der Waals surface area contributed by atoms with E-state index in [4.69, 9.17) is 0 Å². The maximum atomic E-state index is 13.4. The summed E-state index contributed by atoms with van der Waals surface area (Å²) in [6.07, 6.45) is 3.51. The van der Waals surface area contributed by atoms with Gasteiger partial charge in [0.05, 0.1) is 0 Å². The molecule has 3 rings (SSSR count). The monoisotopic (exact) mass is 361 g/mol. The van der Waals surface area contributed by atoms with Crippen LogP contribution in [0.1, 0.15) is 30.9 Å². The molecule has 1 aromatic carbocycles. The first-order valence-electron chi connectivity index (χ1n) is 9.59. The van der Waals surface area contributed by atoms with E-state index in [1.807, 2.05) is 24.9 Å². The highest BCUT2D eigenvalue weighted by Crippen LogP contribution is 2.29. The molecule has 2 saturated heterocycles. The van der Waals surface area contributed by atoms with E-state index >= 15 is 0 Å². The van der Waals surface area contributed by atoms with Gasteiger partial charge in [0, 0.05) is 37.7 Å². The van der Waals surface area contributed by atoms with Gasteiger partial charge in [-0.25, -0.2) is 0 Å². The highest BCUT2D eigenvalue weighted by molar-refractivity contribution is 7.99. The second kappa shape index (κ2) is 9.60. The van der Waals surface area contributed by atoms with Gasteiger partial charge in [-0.3, -0.25) is 9.69 Å². The predicted octanol–water partition coefficient (Wildman–Crippen LogP) is 2.62. The van der Waals surface area contributed by atoms with Crippen LogP contribution >= 0.6 is 11.8 Å². The average Bonchev–Trinajstić information content (AvgIpc) is 2.68. The lowest BCUT2D eigenvalue weighted by Gasteiger charge is -2.39. The van der Waals surface area contributed by atoms with Crippen molar-refractivity contribution in [2.75, 3.05) is 51.3 Å². The third-order valence-corrected chi connectivity index (χ3v) is 6.43. The Labute approximate surface area is 156 Å². The zero-order chi connectivity index (χ0) is 17.5. The first-order valence-corrected chi connectivity index (χ1v) is 10.7. The molecular weight excluding hydrogens is 330 g/mol. The summed E-state index contributed by atoms with van der Waals surface area (Å²) in [4.78, 5) is 17.9. The predicted molar refractivity (Wildman–Crippen MR) is 106 cm³/mol. The van der Waals surface area contributed by atoms with Gasteiger partial charge in [0.1, 0.15) is 6.04 Å². The van der Waals surface area contributed by atoms with Gasteiger partial charge in [0.25, 0.3) is 0 Å². The fraction of sp³-hybridized carbons (Fsp3) is 0.650. The van der Waals surface area contributed by atoms with Crippen LogP contribution in [0.15, 0.2) is 30.3 Å². The number of hydrogen-bond donors (Lipinski definition) is 1. The van der Waals surface area contributed by atoms with Gasteiger partial charge < -0.3 is 10.2 Å². The Morgan fingerprint density at radius 1 is 1.16 bits per heavy atom. The van der Waals surface area contributed by atoms with Crippen LogP contribution in [0.5, 0.6) is 0 Å². The molecule has 2 aliphatic heterocycles. The van der Waals surface area contributed by atoms with Crippen LogP contribution in [0.3, 0.4) is 0 Å². The van der Waals surface area contributed by atoms with Crippen LogP contribution in [-0.4, -0.2) is 67.0 Å². The van der Waals surface area contributed by atoms with Gasteiger partial charge in [0.15, 0.2) is 0 Å². The zero-order valence-electron chi connectivity index (χ0n) is 15.3. The summed E-state index contributed by atoms with van der Waals surface area (Å²) in [6.45, 7) is 4.93. The summed E-state index contributed by atoms with van der Waals surface area (Å²) in [5, 5.41) is 3.24. The molecule has 2 fully saturated rings. The lowest BCUT2D eigenvalue weighted by atomic mass is 9.92. The summed E-state index contributed by atoms with van der Waals surface area (Å²) in [5.41, 5.74) is 1.15. The summed E-state index contributed by atoms with van der Waals surface area (Å²) >= 11 is 1.99. The third-order valence-electron chi connectivity index (χ3n) is 5.49. The van der Waals surface area contributed by atoms with E-state index < -0.39 is 0 Å². The van der Waals surface area contributed by atoms with Gasteiger partial charge in [-0.15, -0.1) is 0 Å². The topological polar surface area (TPSA) is 35.6 Å². The summed E-state index contributed by atoms with van der Waals surface area (Å²) in [7, 11) is 2.01. The standard InChI is InChI=1S/C20H31N3OS/c1-21-10-7-17-8-11-23(12-9-17)20(24)19(18-5-3-2-4-6-18)22-13-15-25-16-14-22/h2-6,17,19,21H,7-16H2,1H3. The van der Waals surface area contributed by atoms with Crippen LogP contribution < -0.4 is 5.32 Å². The fourth-order valence-corrected chi connectivity index (χ4v) is 4.88. The van der Waals surface area contributed by atoms with Crippen LogP contribution in [0.4, 0.5) is 0 Å². The molecule has 2 heterocycles. The molecule has 1 atom stereocenters. The van der Waals surface area contributed by atoms with Gasteiger partial charge in [-0.05, 0) is 44.3 Å². The second-order valence-electron chi connectivity index (χ2n) is 7.12. The molecule has 0 aromatic heterocycles. The molecule has 1 N–H and O–H groups in total. The molecule has 25 heavy (non-hydrogen) atoms. The number of piperidine rings is 1. The zero-order valence-corrected chi connectivity index (χ0v) is 16.1. The molecule has 138 valence electrons. The minimum Gasteiger partial charge on any atom is -0.341 e. The van der Waals surface area contributed by atoms with E-state index in [0.29, 0.717) is 5.91 Å². The summed E-state index contributed by atoms with van der Waals surface area (Å²) in [5.74, 6) is 3.33. The van der Waals surface area contributed by atoms with Crippen LogP contribution in [0.2, 0.25) is 0 Å². The van der Waals surface area contributed by atoms with E-state index in [2.05, 4.69) is 39.4 Å². The average molecular weight is 362 g/mol. The molecular formula is C20H31N3OS. The number of hydrogen-bond acceptors (Lipinski definition) is 4. The normalized spacial score (nSPS) is 21.2. The number of nitrogens with zero attached hydrogens (tertiary/aromatic N) is 2. The number of nitrogens with one attached hydrogen (secondary N) is 1. The Morgan fingerprint density at radius 3 is 2.48 bits per heavy atom. The van der Waals surface area contributed by atoms with Gasteiger partial charge in [0.2, 0.25) is 5.91 Å². The molecule has 0 radical (unpaired) electrons. The van der Waals surface area contributed by atoms with Crippen molar-refractivity contribution >= 4 is 17.7 Å². The third kappa shape index (κ3) is 4.99. The molecule has 1 aromatic rings. The van der Waals surface area contributed by atoms with Crippen molar-refractivity contribution in [3.8, 4) is 0 Å². The number of amides is 1. The molecule has 0 saturated carbocycles. The number of carbonyl (C=O) groups is 1. The van der Waals surface area contributed by atoms with Crippen molar-refractivity contribution in [1.82, 2.24) is 15.1 Å². The number of carbonyl (C=O) groups excluding carboxylic acids is 1. The molecule has 2 aliphatic rings. The van der Waals surface area contributed by atoms with Crippen molar-refractivity contribution in [3.05, 3.63) is 35.9 Å². The second-order valence-corrected chi connectivity index (χ2v) is 8.35. The van der Waals surface area contributed by atoms with Crippen LogP contribution in [0.25, 0.3) is 0 Å². The van der Waals surface area contributed by atoms with Crippen molar-refractivity contribution < 1.29 is 4.79 Å². The Morgan fingerprint density at radius 2 is 1.84 bits per heavy atom. The molecule has 5 heteroatoms. The fourth-order valence-electron chi connectivity index (χ4n) is 3.94. The minimum atomic E-state index is -0.101. The maximum Gasteiger partial charge on any atom is 0.244 e. The first-order chi connectivity index (χ1) is 12.3. The van der Waals surface area contributed by atoms with E-state index in [-0.39, 0.29) is 6.04 Å².